The summed E-state index contributed by atoms with van der Waals surface area (Å²) < 4.78 is 78.4. The number of sulfonamides is 2. The number of anilines is 2. The number of carbonyl (C=O) groups is 2. The van der Waals surface area contributed by atoms with Crippen molar-refractivity contribution in [1.29, 1.82) is 0 Å². The molecule has 2 saturated carbocycles. The number of aliphatic hydroxyl groups is 2. The van der Waals surface area contributed by atoms with Gasteiger partial charge >= 0.3 is 0 Å². The summed E-state index contributed by atoms with van der Waals surface area (Å²) in [5, 5.41) is 23.4. The number of hydrogen-bond acceptors (Lipinski definition) is 14. The van der Waals surface area contributed by atoms with Crippen LogP contribution in [0.2, 0.25) is 10.0 Å². The quantitative estimate of drug-likeness (QED) is 0.136. The first kappa shape index (κ1) is 55.3. The summed E-state index contributed by atoms with van der Waals surface area (Å²) in [6.45, 7) is 4.29. The molecule has 4 N–H and O–H groups in total. The first-order valence-electron chi connectivity index (χ1n) is 27.7. The largest absolute Gasteiger partial charge is 0.490 e. The van der Waals surface area contributed by atoms with E-state index in [1.54, 1.807) is 36.4 Å². The lowest BCUT2D eigenvalue weighted by Crippen LogP contribution is -2.49. The lowest BCUT2D eigenvalue weighted by atomic mass is 9.68. The van der Waals surface area contributed by atoms with Gasteiger partial charge in [0.2, 0.25) is 20.0 Å². The van der Waals surface area contributed by atoms with E-state index in [4.69, 9.17) is 42.1 Å². The predicted molar refractivity (Wildman–Crippen MR) is 298 cm³/mol. The van der Waals surface area contributed by atoms with E-state index in [1.165, 1.54) is 22.3 Å². The third-order valence-electron chi connectivity index (χ3n) is 18.1. The van der Waals surface area contributed by atoms with Gasteiger partial charge in [-0.25, -0.2) is 26.3 Å². The molecule has 4 heterocycles. The zero-order valence-corrected chi connectivity index (χ0v) is 47.0. The van der Waals surface area contributed by atoms with Crippen LogP contribution in [0.3, 0.4) is 0 Å². The summed E-state index contributed by atoms with van der Waals surface area (Å²) in [6, 6.07) is 22.6. The Balaban J connectivity index is 0.000000165. The lowest BCUT2D eigenvalue weighted by Gasteiger charge is -2.45. The number of carbonyl (C=O) groups excluding carboxylic acids is 2. The molecule has 4 aromatic carbocycles. The van der Waals surface area contributed by atoms with Crippen LogP contribution in [0.15, 0.2) is 72.8 Å². The third kappa shape index (κ3) is 11.7. The molecule has 420 valence electrons. The highest BCUT2D eigenvalue weighted by atomic mass is 35.5. The van der Waals surface area contributed by atoms with Crippen LogP contribution >= 0.6 is 23.2 Å². The standard InChI is InChI=1S/2C29H35ClN2O6S/c2*30-22-5-7-24-19(14-22)2-1-10-29(24)17-32-16-21-3-6-23(21)26(33)9-11-37-12-13-39(35,36)31-28(34)20-4-8-27(38-18-29)25(32)15-20/h2*4-5,7-8,14-15,21,23,26,33H,1-3,6,9-13,16-18H2,(H,31,34)/t21-,23+,26+,29-;21-,23+,26-,29-/m00/s1. The Morgan fingerprint density at radius 2 is 0.987 bits per heavy atom. The number of nitrogens with zero attached hydrogens (tertiary/aromatic N) is 2. The number of ether oxygens (including phenoxy) is 4. The summed E-state index contributed by atoms with van der Waals surface area (Å²) in [7, 11) is -7.75. The Morgan fingerprint density at radius 1 is 0.551 bits per heavy atom. The molecule has 0 radical (unpaired) electrons. The lowest BCUT2D eigenvalue weighted by molar-refractivity contribution is -0.00724. The van der Waals surface area contributed by atoms with E-state index in [0.717, 1.165) is 85.6 Å². The highest BCUT2D eigenvalue weighted by molar-refractivity contribution is 7.90. The molecule has 16 nitrogen and oxygen atoms in total. The van der Waals surface area contributed by atoms with Crippen molar-refractivity contribution in [3.63, 3.8) is 0 Å². The zero-order valence-electron chi connectivity index (χ0n) is 43.8. The van der Waals surface area contributed by atoms with Crippen LogP contribution in [0.1, 0.15) is 107 Å². The number of benzene rings is 4. The maximum atomic E-state index is 13.0. The molecule has 2 fully saturated rings. The molecule has 0 aromatic heterocycles. The van der Waals surface area contributed by atoms with Gasteiger partial charge in [-0.2, -0.15) is 0 Å². The van der Waals surface area contributed by atoms with Gasteiger partial charge in [-0.05, 0) is 184 Å². The fourth-order valence-electron chi connectivity index (χ4n) is 13.6. The minimum atomic E-state index is -3.87. The SMILES string of the molecule is O=C1NS(=O)(=O)CCOCC[C@@H](O)[C@@H]2CC[C@H]2CN2C[C@@]3(CCCc4cc(Cl)ccc43)COc3ccc1cc32.O=C1NS(=O)(=O)CCOCC[C@H](O)[C@@H]2CC[C@H]2CN2C[C@@]3(CCCc4cc(Cl)ccc43)COc3ccc1cc32. The Bertz CT molecular complexity index is 2940. The number of rotatable bonds is 0. The topological polar surface area (TPSA) is 210 Å². The molecule has 4 aliphatic heterocycles. The maximum absolute atomic E-state index is 13.0. The van der Waals surface area contributed by atoms with Gasteiger partial charge in [0.05, 0.1) is 61.5 Å². The van der Waals surface area contributed by atoms with Crippen LogP contribution in [-0.2, 0) is 53.2 Å². The zero-order chi connectivity index (χ0) is 54.4. The van der Waals surface area contributed by atoms with Crippen molar-refractivity contribution in [3.05, 3.63) is 116 Å². The predicted octanol–water partition coefficient (Wildman–Crippen LogP) is 7.36. The molecule has 8 aliphatic rings. The normalized spacial score (nSPS) is 30.7. The highest BCUT2D eigenvalue weighted by Gasteiger charge is 2.47. The van der Waals surface area contributed by atoms with Gasteiger partial charge in [-0.1, -0.05) is 35.3 Å². The third-order valence-corrected chi connectivity index (χ3v) is 20.9. The first-order valence-corrected chi connectivity index (χ1v) is 31.7. The van der Waals surface area contributed by atoms with Crippen LogP contribution in [0.4, 0.5) is 11.4 Å². The van der Waals surface area contributed by atoms with Crippen molar-refractivity contribution >= 4 is 66.4 Å². The van der Waals surface area contributed by atoms with E-state index >= 15 is 0 Å². The number of aryl methyl sites for hydroxylation is 2. The van der Waals surface area contributed by atoms with Gasteiger partial charge in [0.25, 0.3) is 11.8 Å². The van der Waals surface area contributed by atoms with Gasteiger partial charge in [0, 0.05) is 71.4 Å². The molecule has 0 saturated heterocycles. The molecule has 2 spiro atoms. The maximum Gasteiger partial charge on any atom is 0.264 e. The molecule has 8 atom stereocenters. The van der Waals surface area contributed by atoms with E-state index in [2.05, 4.69) is 43.5 Å². The molecule has 12 rings (SSSR count). The van der Waals surface area contributed by atoms with Gasteiger partial charge in [-0.15, -0.1) is 0 Å². The van der Waals surface area contributed by atoms with E-state index in [9.17, 15) is 36.6 Å². The average molecular weight is 1150 g/mol. The Hall–Kier alpha value is -4.66. The molecule has 4 aliphatic carbocycles. The van der Waals surface area contributed by atoms with Gasteiger partial charge in [-0.3, -0.25) is 9.59 Å². The van der Waals surface area contributed by atoms with E-state index in [1.807, 2.05) is 12.1 Å². The molecule has 4 bridgehead atoms. The second-order valence-corrected chi connectivity index (χ2v) is 27.6. The number of hydrogen-bond donors (Lipinski definition) is 4. The fourth-order valence-corrected chi connectivity index (χ4v) is 15.7. The van der Waals surface area contributed by atoms with Gasteiger partial charge < -0.3 is 39.0 Å². The Morgan fingerprint density at radius 3 is 1.40 bits per heavy atom. The van der Waals surface area contributed by atoms with Crippen molar-refractivity contribution < 1.29 is 55.6 Å². The molecule has 2 amide bonds. The van der Waals surface area contributed by atoms with Crippen LogP contribution in [0.25, 0.3) is 0 Å². The Kier molecular flexibility index (Phi) is 16.1. The van der Waals surface area contributed by atoms with Crippen molar-refractivity contribution in [2.24, 2.45) is 23.7 Å². The first-order chi connectivity index (χ1) is 37.5. The second kappa shape index (κ2) is 22.7. The molecular weight excluding hydrogens is 1080 g/mol. The van der Waals surface area contributed by atoms with Crippen molar-refractivity contribution in [2.75, 3.05) is 87.1 Å². The summed E-state index contributed by atoms with van der Waals surface area (Å²) in [6.07, 6.45) is 9.77. The number of halogens is 2. The number of fused-ring (bicyclic) bond motifs is 8. The number of nitrogens with one attached hydrogen (secondary N) is 2. The molecular formula is C58H70Cl2N4O12S2. The summed E-state index contributed by atoms with van der Waals surface area (Å²) in [5.41, 5.74) is 6.59. The number of aliphatic hydroxyl groups excluding tert-OH is 2. The Labute approximate surface area is 467 Å². The smallest absolute Gasteiger partial charge is 0.264 e. The van der Waals surface area contributed by atoms with Crippen molar-refractivity contribution in [1.82, 2.24) is 9.44 Å². The van der Waals surface area contributed by atoms with E-state index < -0.39 is 44.1 Å². The summed E-state index contributed by atoms with van der Waals surface area (Å²) in [5.74, 6) is 0.257. The fraction of sp³-hybridized carbons (Fsp3) is 0.552. The minimum absolute atomic E-state index is 0.0377. The molecule has 20 heteroatoms. The number of amides is 2. The average Bonchev–Trinajstić information content (AvgIpc) is 3.82. The van der Waals surface area contributed by atoms with Crippen LogP contribution in [0.5, 0.6) is 11.5 Å². The van der Waals surface area contributed by atoms with Crippen molar-refractivity contribution in [3.8, 4) is 11.5 Å². The molecule has 4 aromatic rings. The van der Waals surface area contributed by atoms with E-state index in [-0.39, 0.29) is 71.7 Å². The molecule has 0 unspecified atom stereocenters. The van der Waals surface area contributed by atoms with Crippen LogP contribution < -0.4 is 28.7 Å². The summed E-state index contributed by atoms with van der Waals surface area (Å²) >= 11 is 12.7. The second-order valence-electron chi connectivity index (χ2n) is 23.0. The van der Waals surface area contributed by atoms with Gasteiger partial charge in [0.1, 0.15) is 11.5 Å². The minimum Gasteiger partial charge on any atom is -0.490 e. The highest BCUT2D eigenvalue weighted by Crippen LogP contribution is 2.49. The molecule has 78 heavy (non-hydrogen) atoms. The monoisotopic (exact) mass is 1150 g/mol. The summed E-state index contributed by atoms with van der Waals surface area (Å²) in [4.78, 5) is 30.7. The van der Waals surface area contributed by atoms with Crippen molar-refractivity contribution in [2.45, 2.75) is 100 Å². The van der Waals surface area contributed by atoms with E-state index in [0.29, 0.717) is 75.6 Å². The van der Waals surface area contributed by atoms with Crippen LogP contribution in [-0.4, -0.2) is 128 Å². The van der Waals surface area contributed by atoms with Crippen LogP contribution in [0, 0.1) is 23.7 Å². The van der Waals surface area contributed by atoms with Gasteiger partial charge in [0.15, 0.2) is 0 Å².